The van der Waals surface area contributed by atoms with Crippen LogP contribution in [-0.4, -0.2) is 11.5 Å². The number of rotatable bonds is 5. The summed E-state index contributed by atoms with van der Waals surface area (Å²) >= 11 is 1.64. The summed E-state index contributed by atoms with van der Waals surface area (Å²) in [6.07, 6.45) is 3.60. The Morgan fingerprint density at radius 1 is 1.35 bits per heavy atom. The molecule has 17 heavy (non-hydrogen) atoms. The van der Waals surface area contributed by atoms with Crippen LogP contribution in [0.3, 0.4) is 0 Å². The van der Waals surface area contributed by atoms with Crippen molar-refractivity contribution in [3.05, 3.63) is 52.2 Å². The van der Waals surface area contributed by atoms with Gasteiger partial charge in [-0.2, -0.15) is 0 Å². The molecule has 0 amide bonds. The molecule has 1 aromatic carbocycles. The van der Waals surface area contributed by atoms with Crippen molar-refractivity contribution in [1.82, 2.24) is 4.98 Å². The van der Waals surface area contributed by atoms with E-state index in [2.05, 4.69) is 4.98 Å². The first-order valence-electron chi connectivity index (χ1n) is 5.60. The number of aromatic nitrogens is 1. The first-order valence-corrected chi connectivity index (χ1v) is 6.48. The smallest absolute Gasteiger partial charge is 0.123 e. The Kier molecular flexibility index (Phi) is 4.23. The van der Waals surface area contributed by atoms with E-state index in [4.69, 9.17) is 5.73 Å². The van der Waals surface area contributed by atoms with Gasteiger partial charge in [-0.05, 0) is 43.0 Å². The van der Waals surface area contributed by atoms with Gasteiger partial charge in [-0.3, -0.25) is 4.98 Å². The maximum absolute atomic E-state index is 13.1. The highest BCUT2D eigenvalue weighted by Crippen LogP contribution is 2.17. The number of hydrogen-bond acceptors (Lipinski definition) is 3. The molecule has 1 heterocycles. The molecular weight excluding hydrogens is 235 g/mol. The molecule has 2 rings (SSSR count). The Balaban J connectivity index is 2.00. The minimum Gasteiger partial charge on any atom is -0.330 e. The largest absolute Gasteiger partial charge is 0.330 e. The van der Waals surface area contributed by atoms with Gasteiger partial charge in [0.25, 0.3) is 0 Å². The Hall–Kier alpha value is -1.26. The number of halogens is 1. The first kappa shape index (κ1) is 12.2. The third kappa shape index (κ3) is 3.61. The summed E-state index contributed by atoms with van der Waals surface area (Å²) in [7, 11) is 0. The second-order valence-corrected chi connectivity index (χ2v) is 5.08. The third-order valence-corrected chi connectivity index (χ3v) is 3.52. The van der Waals surface area contributed by atoms with E-state index in [0.29, 0.717) is 12.5 Å². The molecule has 0 saturated carbocycles. The summed E-state index contributed by atoms with van der Waals surface area (Å²) in [5.41, 5.74) is 8.59. The van der Waals surface area contributed by atoms with Crippen LogP contribution < -0.4 is 5.73 Å². The quantitative estimate of drug-likeness (QED) is 0.886. The van der Waals surface area contributed by atoms with Gasteiger partial charge in [0.1, 0.15) is 5.82 Å². The summed E-state index contributed by atoms with van der Waals surface area (Å²) in [6, 6.07) is 6.73. The summed E-state index contributed by atoms with van der Waals surface area (Å²) in [5, 5.41) is 0. The first-order chi connectivity index (χ1) is 8.28. The van der Waals surface area contributed by atoms with Gasteiger partial charge in [0.2, 0.25) is 0 Å². The second-order valence-electron chi connectivity index (χ2n) is 4.11. The van der Waals surface area contributed by atoms with Gasteiger partial charge in [0, 0.05) is 11.1 Å². The topological polar surface area (TPSA) is 38.9 Å². The van der Waals surface area contributed by atoms with Crippen LogP contribution in [0.25, 0.3) is 0 Å². The van der Waals surface area contributed by atoms with Gasteiger partial charge < -0.3 is 5.73 Å². The predicted octanol–water partition coefficient (Wildman–Crippen LogP) is 2.64. The SMILES string of the molecule is NCC(Cc1cccc(F)c1)Cc1cncs1. The van der Waals surface area contributed by atoms with E-state index in [1.807, 2.05) is 17.8 Å². The number of benzene rings is 1. The lowest BCUT2D eigenvalue weighted by Gasteiger charge is -2.13. The average molecular weight is 250 g/mol. The average Bonchev–Trinajstić information content (AvgIpc) is 2.81. The normalized spacial score (nSPS) is 12.6. The number of hydrogen-bond donors (Lipinski definition) is 1. The van der Waals surface area contributed by atoms with Crippen molar-refractivity contribution in [2.45, 2.75) is 12.8 Å². The van der Waals surface area contributed by atoms with Gasteiger partial charge in [-0.25, -0.2) is 4.39 Å². The van der Waals surface area contributed by atoms with Crippen molar-refractivity contribution in [1.29, 1.82) is 0 Å². The van der Waals surface area contributed by atoms with Crippen molar-refractivity contribution in [3.63, 3.8) is 0 Å². The maximum atomic E-state index is 13.1. The second kappa shape index (κ2) is 5.89. The molecule has 2 aromatic rings. The molecule has 0 saturated heterocycles. The molecule has 90 valence electrons. The van der Waals surface area contributed by atoms with Gasteiger partial charge in [-0.15, -0.1) is 11.3 Å². The van der Waals surface area contributed by atoms with E-state index in [0.717, 1.165) is 18.4 Å². The summed E-state index contributed by atoms with van der Waals surface area (Å²) in [4.78, 5) is 5.28. The zero-order chi connectivity index (χ0) is 12.1. The van der Waals surface area contributed by atoms with Crippen LogP contribution >= 0.6 is 11.3 Å². The molecule has 0 aliphatic rings. The zero-order valence-corrected chi connectivity index (χ0v) is 10.3. The molecule has 1 unspecified atom stereocenters. The van der Waals surface area contributed by atoms with E-state index in [-0.39, 0.29) is 5.82 Å². The Bertz CT molecular complexity index is 456. The summed E-state index contributed by atoms with van der Waals surface area (Å²) in [6.45, 7) is 0.606. The van der Waals surface area contributed by atoms with Crippen molar-refractivity contribution in [2.75, 3.05) is 6.54 Å². The van der Waals surface area contributed by atoms with E-state index in [1.165, 1.54) is 10.9 Å². The monoisotopic (exact) mass is 250 g/mol. The molecule has 0 bridgehead atoms. The van der Waals surface area contributed by atoms with Gasteiger partial charge in [0.15, 0.2) is 0 Å². The minimum atomic E-state index is -0.184. The van der Waals surface area contributed by atoms with Crippen molar-refractivity contribution < 1.29 is 4.39 Å². The van der Waals surface area contributed by atoms with Crippen molar-refractivity contribution in [3.8, 4) is 0 Å². The van der Waals surface area contributed by atoms with Crippen molar-refractivity contribution >= 4 is 11.3 Å². The highest BCUT2D eigenvalue weighted by molar-refractivity contribution is 7.09. The fraction of sp³-hybridized carbons (Fsp3) is 0.308. The van der Waals surface area contributed by atoms with E-state index >= 15 is 0 Å². The standard InChI is InChI=1S/C13H15FN2S/c14-12-3-1-2-10(5-12)4-11(7-15)6-13-8-16-9-17-13/h1-3,5,8-9,11H,4,6-7,15H2. The van der Waals surface area contributed by atoms with Crippen LogP contribution in [0.4, 0.5) is 4.39 Å². The predicted molar refractivity (Wildman–Crippen MR) is 68.5 cm³/mol. The molecule has 4 heteroatoms. The van der Waals surface area contributed by atoms with Crippen molar-refractivity contribution in [2.24, 2.45) is 11.7 Å². The van der Waals surface area contributed by atoms with Crippen LogP contribution in [-0.2, 0) is 12.8 Å². The Morgan fingerprint density at radius 2 is 2.24 bits per heavy atom. The van der Waals surface area contributed by atoms with Crippen LogP contribution in [0.1, 0.15) is 10.4 Å². The zero-order valence-electron chi connectivity index (χ0n) is 9.47. The van der Waals surface area contributed by atoms with E-state index in [1.54, 1.807) is 23.5 Å². The fourth-order valence-electron chi connectivity index (χ4n) is 1.86. The van der Waals surface area contributed by atoms with Gasteiger partial charge in [0.05, 0.1) is 5.51 Å². The number of thiazole rings is 1. The Morgan fingerprint density at radius 3 is 2.88 bits per heavy atom. The highest BCUT2D eigenvalue weighted by Gasteiger charge is 2.10. The lowest BCUT2D eigenvalue weighted by atomic mass is 9.96. The Labute approximate surface area is 104 Å². The van der Waals surface area contributed by atoms with Crippen LogP contribution in [0.5, 0.6) is 0 Å². The van der Waals surface area contributed by atoms with Crippen LogP contribution in [0.2, 0.25) is 0 Å². The number of nitrogens with two attached hydrogens (primary N) is 1. The molecule has 2 nitrogen and oxygen atoms in total. The minimum absolute atomic E-state index is 0.184. The molecular formula is C13H15FN2S. The lowest BCUT2D eigenvalue weighted by molar-refractivity contribution is 0.534. The summed E-state index contributed by atoms with van der Waals surface area (Å²) < 4.78 is 13.1. The molecule has 0 aliphatic heterocycles. The lowest BCUT2D eigenvalue weighted by Crippen LogP contribution is -2.19. The number of nitrogens with zero attached hydrogens (tertiary/aromatic N) is 1. The van der Waals surface area contributed by atoms with E-state index in [9.17, 15) is 4.39 Å². The highest BCUT2D eigenvalue weighted by atomic mass is 32.1. The molecule has 1 aromatic heterocycles. The molecule has 2 N–H and O–H groups in total. The molecule has 0 spiro atoms. The fourth-order valence-corrected chi connectivity index (χ4v) is 2.57. The molecule has 1 atom stereocenters. The van der Waals surface area contributed by atoms with E-state index < -0.39 is 0 Å². The molecule has 0 aliphatic carbocycles. The molecule has 0 fully saturated rings. The summed E-state index contributed by atoms with van der Waals surface area (Å²) in [5.74, 6) is 0.160. The van der Waals surface area contributed by atoms with Crippen LogP contribution in [0.15, 0.2) is 36.0 Å². The third-order valence-electron chi connectivity index (χ3n) is 2.72. The molecule has 0 radical (unpaired) electrons. The maximum Gasteiger partial charge on any atom is 0.123 e. The van der Waals surface area contributed by atoms with Gasteiger partial charge in [-0.1, -0.05) is 12.1 Å². The van der Waals surface area contributed by atoms with Crippen LogP contribution in [0, 0.1) is 11.7 Å². The van der Waals surface area contributed by atoms with Gasteiger partial charge >= 0.3 is 0 Å².